The fourth-order valence-electron chi connectivity index (χ4n) is 2.75. The third-order valence-electron chi connectivity index (χ3n) is 3.70. The Labute approximate surface area is 143 Å². The van der Waals surface area contributed by atoms with Gasteiger partial charge in [0.1, 0.15) is 5.69 Å². The number of aromatic nitrogens is 1. The maximum absolute atomic E-state index is 13.1. The van der Waals surface area contributed by atoms with E-state index in [1.165, 1.54) is 6.92 Å². The highest BCUT2D eigenvalue weighted by Crippen LogP contribution is 2.31. The van der Waals surface area contributed by atoms with Gasteiger partial charge >= 0.3 is 0 Å². The molecule has 1 aromatic heterocycles. The number of para-hydroxylation sites is 1. The van der Waals surface area contributed by atoms with E-state index in [0.29, 0.717) is 21.9 Å². The highest BCUT2D eigenvalue weighted by atomic mass is 35.5. The summed E-state index contributed by atoms with van der Waals surface area (Å²) < 4.78 is 1.55. The predicted octanol–water partition coefficient (Wildman–Crippen LogP) is 3.64. The Morgan fingerprint density at radius 1 is 1.08 bits per heavy atom. The van der Waals surface area contributed by atoms with Crippen LogP contribution in [0.3, 0.4) is 0 Å². The Hall–Kier alpha value is -2.79. The molecule has 0 atom stereocenters. The van der Waals surface area contributed by atoms with E-state index in [0.717, 1.165) is 5.39 Å². The fraction of sp³-hybridized carbons (Fsp3) is 0.111. The number of benzene rings is 2. The smallest absolute Gasteiger partial charge is 0.281 e. The molecule has 0 radical (unpaired) electrons. The second-order valence-electron chi connectivity index (χ2n) is 5.32. The van der Waals surface area contributed by atoms with Gasteiger partial charge in [-0.1, -0.05) is 29.8 Å². The van der Waals surface area contributed by atoms with Gasteiger partial charge in [-0.2, -0.15) is 0 Å². The minimum atomic E-state index is -0.324. The van der Waals surface area contributed by atoms with Gasteiger partial charge in [-0.15, -0.1) is 0 Å². The van der Waals surface area contributed by atoms with Crippen LogP contribution in [0.2, 0.25) is 5.02 Å². The van der Waals surface area contributed by atoms with Crippen molar-refractivity contribution in [2.45, 2.75) is 6.92 Å². The van der Waals surface area contributed by atoms with Gasteiger partial charge in [0.2, 0.25) is 5.91 Å². The zero-order chi connectivity index (χ0) is 17.3. The summed E-state index contributed by atoms with van der Waals surface area (Å²) in [6, 6.07) is 14.6. The topological polar surface area (TPSA) is 63.1 Å². The lowest BCUT2D eigenvalue weighted by Gasteiger charge is -2.18. The molecule has 6 heteroatoms. The summed E-state index contributed by atoms with van der Waals surface area (Å²) in [5.74, 6) is -0.309. The van der Waals surface area contributed by atoms with Crippen molar-refractivity contribution >= 4 is 39.8 Å². The van der Waals surface area contributed by atoms with Crippen LogP contribution in [0.1, 0.15) is 6.92 Å². The molecule has 0 saturated carbocycles. The van der Waals surface area contributed by atoms with Gasteiger partial charge in [-0.05, 0) is 30.3 Å². The third-order valence-corrected chi connectivity index (χ3v) is 3.94. The van der Waals surface area contributed by atoms with Crippen LogP contribution < -0.4 is 16.2 Å². The normalized spacial score (nSPS) is 10.6. The summed E-state index contributed by atoms with van der Waals surface area (Å²) in [6.45, 7) is 1.37. The largest absolute Gasteiger partial charge is 0.386 e. The maximum Gasteiger partial charge on any atom is 0.281 e. The molecule has 0 bridgehead atoms. The summed E-state index contributed by atoms with van der Waals surface area (Å²) in [5, 5.41) is 6.97. The Balaban J connectivity index is 2.49. The van der Waals surface area contributed by atoms with Gasteiger partial charge in [0.05, 0.1) is 11.2 Å². The first-order chi connectivity index (χ1) is 11.5. The molecule has 0 fully saturated rings. The number of amides is 1. The molecule has 0 spiro atoms. The Bertz CT molecular complexity index is 981. The van der Waals surface area contributed by atoms with Gasteiger partial charge in [-0.3, -0.25) is 14.2 Å². The van der Waals surface area contributed by atoms with Crippen LogP contribution in [0.4, 0.5) is 11.4 Å². The van der Waals surface area contributed by atoms with Crippen LogP contribution in [0, 0.1) is 0 Å². The minimum Gasteiger partial charge on any atom is -0.386 e. The summed E-state index contributed by atoms with van der Waals surface area (Å²) in [4.78, 5) is 24.6. The van der Waals surface area contributed by atoms with E-state index in [1.54, 1.807) is 23.7 Å². The van der Waals surface area contributed by atoms with E-state index < -0.39 is 0 Å². The number of halogens is 1. The zero-order valence-electron chi connectivity index (χ0n) is 13.3. The van der Waals surface area contributed by atoms with Crippen molar-refractivity contribution < 1.29 is 4.79 Å². The number of carbonyl (C=O) groups excluding carboxylic acids is 1. The summed E-state index contributed by atoms with van der Waals surface area (Å²) in [7, 11) is 1.71. The number of carbonyl (C=O) groups is 1. The molecule has 5 nitrogen and oxygen atoms in total. The van der Waals surface area contributed by atoms with Crippen molar-refractivity contribution in [3.05, 3.63) is 63.9 Å². The maximum atomic E-state index is 13.1. The highest BCUT2D eigenvalue weighted by Gasteiger charge is 2.18. The van der Waals surface area contributed by atoms with E-state index in [-0.39, 0.29) is 17.2 Å². The molecule has 3 aromatic rings. The molecular formula is C18H16ClN3O2. The van der Waals surface area contributed by atoms with Crippen LogP contribution >= 0.6 is 11.6 Å². The van der Waals surface area contributed by atoms with Crippen LogP contribution in [-0.4, -0.2) is 17.5 Å². The second-order valence-corrected chi connectivity index (χ2v) is 5.76. The first kappa shape index (κ1) is 16.1. The monoisotopic (exact) mass is 341 g/mol. The lowest BCUT2D eigenvalue weighted by Crippen LogP contribution is -2.26. The number of hydrogen-bond donors (Lipinski definition) is 2. The lowest BCUT2D eigenvalue weighted by molar-refractivity contribution is -0.114. The molecule has 122 valence electrons. The number of fused-ring (bicyclic) bond motifs is 1. The molecule has 3 rings (SSSR count). The van der Waals surface area contributed by atoms with Gasteiger partial charge < -0.3 is 10.6 Å². The highest BCUT2D eigenvalue weighted by molar-refractivity contribution is 6.31. The Kier molecular flexibility index (Phi) is 4.27. The molecule has 2 N–H and O–H groups in total. The van der Waals surface area contributed by atoms with Crippen LogP contribution in [0.15, 0.2) is 53.3 Å². The van der Waals surface area contributed by atoms with Crippen LogP contribution in [-0.2, 0) is 4.79 Å². The molecule has 0 aliphatic heterocycles. The summed E-state index contributed by atoms with van der Waals surface area (Å²) in [5.41, 5.74) is 1.81. The molecular weight excluding hydrogens is 326 g/mol. The molecule has 0 unspecified atom stereocenters. The van der Waals surface area contributed by atoms with E-state index in [1.807, 2.05) is 36.4 Å². The van der Waals surface area contributed by atoms with Gasteiger partial charge in [0.15, 0.2) is 0 Å². The average Bonchev–Trinajstić information content (AvgIpc) is 2.56. The summed E-state index contributed by atoms with van der Waals surface area (Å²) in [6.07, 6.45) is 0. The van der Waals surface area contributed by atoms with Gasteiger partial charge in [0, 0.05) is 30.1 Å². The van der Waals surface area contributed by atoms with Crippen molar-refractivity contribution in [3.63, 3.8) is 0 Å². The van der Waals surface area contributed by atoms with Gasteiger partial charge in [-0.25, -0.2) is 0 Å². The number of rotatable bonds is 3. The third kappa shape index (κ3) is 2.74. The molecule has 0 saturated heterocycles. The number of anilines is 2. The Morgan fingerprint density at radius 3 is 2.42 bits per heavy atom. The van der Waals surface area contributed by atoms with E-state index in [9.17, 15) is 9.59 Å². The van der Waals surface area contributed by atoms with E-state index in [4.69, 9.17) is 11.6 Å². The molecule has 1 amide bonds. The summed E-state index contributed by atoms with van der Waals surface area (Å²) >= 11 is 6.14. The van der Waals surface area contributed by atoms with Crippen molar-refractivity contribution in [3.8, 4) is 5.69 Å². The van der Waals surface area contributed by atoms with Crippen molar-refractivity contribution in [2.75, 3.05) is 17.7 Å². The van der Waals surface area contributed by atoms with E-state index in [2.05, 4.69) is 10.6 Å². The number of hydrogen-bond acceptors (Lipinski definition) is 3. The number of pyridine rings is 1. The minimum absolute atomic E-state index is 0.212. The SMILES string of the molecule is CNc1c(NC(C)=O)c(=O)n(-c2ccccc2)c2cc(Cl)ccc12. The lowest BCUT2D eigenvalue weighted by atomic mass is 10.1. The number of nitrogens with one attached hydrogen (secondary N) is 2. The van der Waals surface area contributed by atoms with Crippen molar-refractivity contribution in [2.24, 2.45) is 0 Å². The molecule has 24 heavy (non-hydrogen) atoms. The quantitative estimate of drug-likeness (QED) is 0.764. The molecule has 0 aliphatic carbocycles. The predicted molar refractivity (Wildman–Crippen MR) is 98.4 cm³/mol. The molecule has 2 aromatic carbocycles. The van der Waals surface area contributed by atoms with Crippen LogP contribution in [0.5, 0.6) is 0 Å². The average molecular weight is 342 g/mol. The van der Waals surface area contributed by atoms with Crippen molar-refractivity contribution in [1.29, 1.82) is 0 Å². The van der Waals surface area contributed by atoms with Crippen molar-refractivity contribution in [1.82, 2.24) is 4.57 Å². The number of nitrogens with zero attached hydrogens (tertiary/aromatic N) is 1. The fourth-order valence-corrected chi connectivity index (χ4v) is 2.92. The molecule has 1 heterocycles. The zero-order valence-corrected chi connectivity index (χ0v) is 14.0. The Morgan fingerprint density at radius 2 is 1.79 bits per heavy atom. The van der Waals surface area contributed by atoms with Gasteiger partial charge in [0.25, 0.3) is 5.56 Å². The first-order valence-corrected chi connectivity index (χ1v) is 7.79. The standard InChI is InChI=1S/C18H16ClN3O2/c1-11(23)21-17-16(20-2)14-9-8-12(19)10-15(14)22(18(17)24)13-6-4-3-5-7-13/h3-10,20H,1-2H3,(H,21,23). The van der Waals surface area contributed by atoms with Crippen LogP contribution in [0.25, 0.3) is 16.6 Å². The molecule has 0 aliphatic rings. The second kappa shape index (κ2) is 6.37. The van der Waals surface area contributed by atoms with E-state index >= 15 is 0 Å². The first-order valence-electron chi connectivity index (χ1n) is 7.42.